The van der Waals surface area contributed by atoms with Gasteiger partial charge < -0.3 is 49.3 Å². The number of amides is 3. The summed E-state index contributed by atoms with van der Waals surface area (Å²) in [7, 11) is 0. The lowest BCUT2D eigenvalue weighted by molar-refractivity contribution is -0.146. The summed E-state index contributed by atoms with van der Waals surface area (Å²) < 4.78 is 30.3. The zero-order valence-electron chi connectivity index (χ0n) is 38.7. The van der Waals surface area contributed by atoms with Crippen molar-refractivity contribution in [3.8, 4) is 22.9 Å². The number of nitrogens with one attached hydrogen (secondary N) is 3. The molecule has 4 heterocycles. The van der Waals surface area contributed by atoms with Gasteiger partial charge in [-0.1, -0.05) is 45.7 Å². The number of morpholine rings is 1. The number of halogens is 1. The molecule has 354 valence electrons. The third-order valence-corrected chi connectivity index (χ3v) is 14.1. The molecule has 0 radical (unpaired) electrons. The zero-order valence-corrected chi connectivity index (χ0v) is 39.5. The van der Waals surface area contributed by atoms with Crippen LogP contribution in [-0.2, 0) is 23.9 Å². The summed E-state index contributed by atoms with van der Waals surface area (Å²) in [6, 6.07) is 3.44. The number of oxazole rings is 1. The molecule has 1 aromatic carbocycles. The maximum absolute atomic E-state index is 14.8. The van der Waals surface area contributed by atoms with Crippen LogP contribution in [0.5, 0.6) is 11.5 Å². The maximum Gasteiger partial charge on any atom is 0.408 e. The average Bonchev–Trinajstić information content (AvgIpc) is 3.91. The van der Waals surface area contributed by atoms with Gasteiger partial charge in [0.25, 0.3) is 6.01 Å². The summed E-state index contributed by atoms with van der Waals surface area (Å²) in [4.78, 5) is 68.4. The van der Waals surface area contributed by atoms with Crippen LogP contribution in [0.4, 0.5) is 10.8 Å². The Morgan fingerprint density at radius 2 is 1.78 bits per heavy atom. The normalized spacial score (nSPS) is 27.5. The predicted octanol–water partition coefficient (Wildman–Crippen LogP) is 6.51. The highest BCUT2D eigenvalue weighted by Crippen LogP contribution is 2.52. The first-order valence-corrected chi connectivity index (χ1v) is 23.4. The van der Waals surface area contributed by atoms with E-state index in [0.717, 1.165) is 19.4 Å². The predicted molar refractivity (Wildman–Crippen MR) is 242 cm³/mol. The lowest BCUT2D eigenvalue weighted by Gasteiger charge is -2.41. The number of carboxylic acids is 1. The lowest BCUT2D eigenvalue weighted by Crippen LogP contribution is -2.59. The Kier molecular flexibility index (Phi) is 13.0. The van der Waals surface area contributed by atoms with Crippen LogP contribution in [0.1, 0.15) is 93.9 Å². The SMILES string of the molecule is CC[C@@H]1C[C@]1(NC(=O)[C@@H]1C[C@@H](Oc2cc(-c3coc(NC(C)C)n3)nc3c(Cl)c(OCCN4CCOCC4(C)C)ccc23)CN1C(=O)[C@@H](NC(=O)O[C@@H]1C[C@@H]2C[C@@H]2C1)C(C)(C)C)C(=O)O. The Bertz CT molecular complexity index is 2290. The van der Waals surface area contributed by atoms with Gasteiger partial charge in [0.05, 0.1) is 31.0 Å². The number of rotatable bonds is 16. The van der Waals surface area contributed by atoms with E-state index < -0.39 is 53.0 Å². The smallest absolute Gasteiger partial charge is 0.408 e. The number of carboxylic acid groups (broad SMARTS) is 1. The lowest BCUT2D eigenvalue weighted by atomic mass is 9.85. The second-order valence-electron chi connectivity index (χ2n) is 20.6. The van der Waals surface area contributed by atoms with Crippen LogP contribution in [0.3, 0.4) is 0 Å². The molecule has 3 aliphatic carbocycles. The fourth-order valence-electron chi connectivity index (χ4n) is 9.85. The monoisotopic (exact) mass is 921 g/mol. The Morgan fingerprint density at radius 1 is 1.03 bits per heavy atom. The minimum absolute atomic E-state index is 0.0224. The summed E-state index contributed by atoms with van der Waals surface area (Å²) in [5, 5.41) is 19.9. The highest BCUT2D eigenvalue weighted by atomic mass is 35.5. The van der Waals surface area contributed by atoms with E-state index in [2.05, 4.69) is 39.7 Å². The van der Waals surface area contributed by atoms with Gasteiger partial charge in [-0.05, 0) is 88.7 Å². The van der Waals surface area contributed by atoms with E-state index in [9.17, 15) is 24.3 Å². The molecule has 18 heteroatoms. The number of alkyl carbamates (subject to hydrolysis) is 1. The summed E-state index contributed by atoms with van der Waals surface area (Å²) in [5.41, 5.74) is -1.20. The van der Waals surface area contributed by atoms with Gasteiger partial charge in [-0.15, -0.1) is 0 Å². The summed E-state index contributed by atoms with van der Waals surface area (Å²) in [6.07, 6.45) is 3.48. The number of carbonyl (C=O) groups is 4. The molecule has 17 nitrogen and oxygen atoms in total. The number of likely N-dealkylation sites (tertiary alicyclic amines) is 1. The van der Waals surface area contributed by atoms with Crippen molar-refractivity contribution >= 4 is 52.4 Å². The van der Waals surface area contributed by atoms with Crippen LogP contribution >= 0.6 is 11.6 Å². The molecular weight excluding hydrogens is 858 g/mol. The molecular formula is C47H64ClN7O10. The molecule has 3 aromatic rings. The van der Waals surface area contributed by atoms with Gasteiger partial charge in [-0.3, -0.25) is 14.5 Å². The summed E-state index contributed by atoms with van der Waals surface area (Å²) >= 11 is 7.14. The molecule has 0 unspecified atom stereocenters. The fraction of sp³-hybridized carbons (Fsp3) is 0.660. The van der Waals surface area contributed by atoms with Crippen molar-refractivity contribution in [2.45, 2.75) is 135 Å². The van der Waals surface area contributed by atoms with E-state index in [1.54, 1.807) is 12.1 Å². The molecule has 5 fully saturated rings. The van der Waals surface area contributed by atoms with Crippen molar-refractivity contribution in [3.05, 3.63) is 29.5 Å². The van der Waals surface area contributed by atoms with Crippen LogP contribution in [0.15, 0.2) is 28.9 Å². The van der Waals surface area contributed by atoms with Crippen LogP contribution in [0.2, 0.25) is 5.02 Å². The van der Waals surface area contributed by atoms with Crippen molar-refractivity contribution in [1.29, 1.82) is 0 Å². The second kappa shape index (κ2) is 18.1. The molecule has 65 heavy (non-hydrogen) atoms. The second-order valence-corrected chi connectivity index (χ2v) is 20.9. The number of nitrogens with zero attached hydrogens (tertiary/aromatic N) is 4. The van der Waals surface area contributed by atoms with Gasteiger partial charge in [0.2, 0.25) is 11.8 Å². The van der Waals surface area contributed by atoms with E-state index in [1.807, 2.05) is 47.6 Å². The highest BCUT2D eigenvalue weighted by Gasteiger charge is 2.61. The van der Waals surface area contributed by atoms with Crippen LogP contribution in [0.25, 0.3) is 22.3 Å². The van der Waals surface area contributed by atoms with E-state index in [1.165, 1.54) is 17.6 Å². The number of hydrogen-bond acceptors (Lipinski definition) is 13. The largest absolute Gasteiger partial charge is 0.491 e. The van der Waals surface area contributed by atoms with Crippen molar-refractivity contribution in [1.82, 2.24) is 30.4 Å². The third-order valence-electron chi connectivity index (χ3n) is 13.8. The molecule has 2 aromatic heterocycles. The highest BCUT2D eigenvalue weighted by molar-refractivity contribution is 6.36. The number of hydrogen-bond donors (Lipinski definition) is 4. The molecule has 4 N–H and O–H groups in total. The summed E-state index contributed by atoms with van der Waals surface area (Å²) in [5.74, 6) is -0.524. The van der Waals surface area contributed by atoms with Crippen LogP contribution in [0, 0.1) is 23.2 Å². The summed E-state index contributed by atoms with van der Waals surface area (Å²) in [6.45, 7) is 18.6. The molecule has 3 amide bonds. The first-order chi connectivity index (χ1) is 30.8. The molecule has 2 aliphatic heterocycles. The van der Waals surface area contributed by atoms with Gasteiger partial charge in [0.1, 0.15) is 64.9 Å². The topological polar surface area (TPSA) is 207 Å². The van der Waals surface area contributed by atoms with Crippen molar-refractivity contribution in [3.63, 3.8) is 0 Å². The van der Waals surface area contributed by atoms with E-state index in [-0.39, 0.29) is 48.0 Å². The first kappa shape index (κ1) is 46.7. The van der Waals surface area contributed by atoms with Gasteiger partial charge in [-0.2, -0.15) is 4.98 Å². The fourth-order valence-corrected chi connectivity index (χ4v) is 10.1. The molecule has 0 spiro atoms. The van der Waals surface area contributed by atoms with E-state index >= 15 is 0 Å². The minimum Gasteiger partial charge on any atom is -0.491 e. The van der Waals surface area contributed by atoms with Gasteiger partial charge in [-0.25, -0.2) is 14.6 Å². The Morgan fingerprint density at radius 3 is 2.45 bits per heavy atom. The molecule has 8 atom stereocenters. The Balaban J connectivity index is 1.09. The number of aromatic nitrogens is 2. The Labute approximate surface area is 385 Å². The number of anilines is 1. The first-order valence-electron chi connectivity index (χ1n) is 23.1. The molecule has 8 rings (SSSR count). The van der Waals surface area contributed by atoms with E-state index in [4.69, 9.17) is 39.9 Å². The minimum atomic E-state index is -1.43. The quantitative estimate of drug-likeness (QED) is 0.121. The van der Waals surface area contributed by atoms with Crippen LogP contribution in [-0.4, -0.2) is 130 Å². The van der Waals surface area contributed by atoms with Gasteiger partial charge in [0, 0.05) is 42.5 Å². The zero-order chi connectivity index (χ0) is 46.6. The van der Waals surface area contributed by atoms with Crippen molar-refractivity contribution in [2.24, 2.45) is 23.2 Å². The number of carbonyl (C=O) groups excluding carboxylic acids is 3. The van der Waals surface area contributed by atoms with Crippen molar-refractivity contribution < 1.29 is 47.6 Å². The standard InChI is InChI=1S/C47H64ClN7O10/c1-9-28-21-47(28,42(58)59)53-40(56)34-19-30(22-55(34)41(57)39(45(4,5)6)52-44(60)65-29-17-26-16-27(26)18-29)64-36-20-32(33-23-63-43(51-33)49-25(2)3)50-38-31(36)10-11-35(37(38)48)62-15-13-54-12-14-61-24-46(54,7)8/h10-11,20,23,25-30,34,39H,9,12-19,21-22,24H2,1-8H3,(H,49,51)(H,52,60)(H,53,56)(H,58,59)/t26-,27+,28-,29+,30-,34+,39-,47-/m1/s1. The van der Waals surface area contributed by atoms with Crippen molar-refractivity contribution in [2.75, 3.05) is 44.8 Å². The molecule has 3 saturated carbocycles. The van der Waals surface area contributed by atoms with Gasteiger partial charge in [0.15, 0.2) is 0 Å². The Hall–Kier alpha value is -4.87. The van der Waals surface area contributed by atoms with E-state index in [0.29, 0.717) is 84.4 Å². The number of pyridine rings is 1. The third kappa shape index (κ3) is 9.97. The number of benzene rings is 1. The maximum atomic E-state index is 14.8. The average molecular weight is 923 g/mol. The molecule has 5 aliphatic rings. The number of fused-ring (bicyclic) bond motifs is 2. The van der Waals surface area contributed by atoms with Crippen LogP contribution < -0.4 is 25.4 Å². The molecule has 2 saturated heterocycles. The number of aliphatic carboxylic acids is 1. The number of ether oxygens (including phenoxy) is 4. The molecule has 0 bridgehead atoms. The van der Waals surface area contributed by atoms with Gasteiger partial charge >= 0.3 is 12.1 Å².